The fraction of sp³-hybridized carbons (Fsp3) is 0.0870. The number of halogens is 1. The van der Waals surface area contributed by atoms with Crippen LogP contribution in [0.4, 0.5) is 16.2 Å². The lowest BCUT2D eigenvalue weighted by Gasteiger charge is -2.14. The first kappa shape index (κ1) is 19.7. The number of nitrogens with zero attached hydrogens (tertiary/aromatic N) is 2. The third kappa shape index (κ3) is 3.90. The summed E-state index contributed by atoms with van der Waals surface area (Å²) in [5, 5.41) is 6.66. The number of carbonyl (C=O) groups is 1. The summed E-state index contributed by atoms with van der Waals surface area (Å²) in [6.45, 7) is 3.67. The molecule has 0 aliphatic rings. The van der Waals surface area contributed by atoms with Crippen LogP contribution >= 0.6 is 11.6 Å². The minimum atomic E-state index is -0.381. The zero-order valence-corrected chi connectivity index (χ0v) is 17.2. The van der Waals surface area contributed by atoms with Crippen molar-refractivity contribution in [2.24, 2.45) is 0 Å². The van der Waals surface area contributed by atoms with Gasteiger partial charge in [0.2, 0.25) is 0 Å². The second-order valence-electron chi connectivity index (χ2n) is 6.91. The molecule has 0 saturated carbocycles. The van der Waals surface area contributed by atoms with Crippen LogP contribution in [0.2, 0.25) is 5.02 Å². The maximum atomic E-state index is 13.0. The summed E-state index contributed by atoms with van der Waals surface area (Å²) in [6.07, 6.45) is 0. The first-order valence-electron chi connectivity index (χ1n) is 9.35. The molecule has 30 heavy (non-hydrogen) atoms. The number of anilines is 2. The van der Waals surface area contributed by atoms with Crippen molar-refractivity contribution in [2.75, 3.05) is 10.6 Å². The lowest BCUT2D eigenvalue weighted by Crippen LogP contribution is -2.23. The van der Waals surface area contributed by atoms with E-state index < -0.39 is 0 Å². The monoisotopic (exact) mass is 418 g/mol. The number of urea groups is 1. The van der Waals surface area contributed by atoms with Crippen molar-refractivity contribution in [1.82, 2.24) is 9.55 Å². The number of amides is 2. The molecule has 2 N–H and O–H groups in total. The fourth-order valence-electron chi connectivity index (χ4n) is 3.33. The molecule has 1 aromatic heterocycles. The zero-order chi connectivity index (χ0) is 21.3. The molecule has 4 aromatic rings. The zero-order valence-electron chi connectivity index (χ0n) is 16.4. The van der Waals surface area contributed by atoms with Crippen LogP contribution in [0, 0.1) is 13.8 Å². The Morgan fingerprint density at radius 3 is 2.53 bits per heavy atom. The number of carbonyl (C=O) groups excluding carboxylic acids is 1. The number of benzene rings is 3. The predicted octanol–water partition coefficient (Wildman–Crippen LogP) is 5.30. The largest absolute Gasteiger partial charge is 0.323 e. The second kappa shape index (κ2) is 8.00. The summed E-state index contributed by atoms with van der Waals surface area (Å²) < 4.78 is 1.57. The lowest BCUT2D eigenvalue weighted by molar-refractivity contribution is 0.262. The summed E-state index contributed by atoms with van der Waals surface area (Å²) in [5.74, 6) is 0.595. The number of aromatic nitrogens is 2. The van der Waals surface area contributed by atoms with E-state index in [9.17, 15) is 9.59 Å². The normalized spacial score (nSPS) is 10.8. The highest BCUT2D eigenvalue weighted by Crippen LogP contribution is 2.21. The molecular formula is C23H19ClN4O2. The Morgan fingerprint density at radius 1 is 0.967 bits per heavy atom. The summed E-state index contributed by atoms with van der Waals surface area (Å²) in [6, 6.07) is 19.2. The molecule has 0 spiro atoms. The van der Waals surface area contributed by atoms with Gasteiger partial charge in [-0.3, -0.25) is 9.36 Å². The highest BCUT2D eigenvalue weighted by molar-refractivity contribution is 6.30. The van der Waals surface area contributed by atoms with E-state index in [2.05, 4.69) is 15.6 Å². The molecule has 7 heteroatoms. The average Bonchev–Trinajstić information content (AvgIpc) is 2.70. The smallest absolute Gasteiger partial charge is 0.308 e. The molecule has 0 fully saturated rings. The minimum Gasteiger partial charge on any atom is -0.308 e. The Hall–Kier alpha value is -3.64. The molecule has 150 valence electrons. The van der Waals surface area contributed by atoms with Gasteiger partial charge in [0.25, 0.3) is 5.56 Å². The first-order valence-corrected chi connectivity index (χ1v) is 9.73. The first-order chi connectivity index (χ1) is 14.4. The number of para-hydroxylation sites is 1. The Kier molecular flexibility index (Phi) is 5.25. The van der Waals surface area contributed by atoms with Gasteiger partial charge in [-0.15, -0.1) is 0 Å². The van der Waals surface area contributed by atoms with Gasteiger partial charge in [0.05, 0.1) is 16.6 Å². The fourth-order valence-corrected chi connectivity index (χ4v) is 3.52. The second-order valence-corrected chi connectivity index (χ2v) is 7.34. The van der Waals surface area contributed by atoms with E-state index in [-0.39, 0.29) is 11.6 Å². The molecule has 0 aliphatic carbocycles. The maximum Gasteiger partial charge on any atom is 0.323 e. The number of nitrogens with one attached hydrogen (secondary N) is 2. The Bertz CT molecular complexity index is 1330. The SMILES string of the molecule is Cc1cc(-n2c(C)nc3ccccc3c2=O)ccc1NC(=O)Nc1cccc(Cl)c1. The summed E-state index contributed by atoms with van der Waals surface area (Å²) in [7, 11) is 0. The van der Waals surface area contributed by atoms with E-state index in [0.717, 1.165) is 5.56 Å². The molecular weight excluding hydrogens is 400 g/mol. The molecule has 3 aromatic carbocycles. The van der Waals surface area contributed by atoms with Crippen molar-refractivity contribution in [3.05, 3.63) is 93.5 Å². The highest BCUT2D eigenvalue weighted by Gasteiger charge is 2.12. The van der Waals surface area contributed by atoms with E-state index in [0.29, 0.717) is 38.8 Å². The predicted molar refractivity (Wildman–Crippen MR) is 121 cm³/mol. The highest BCUT2D eigenvalue weighted by atomic mass is 35.5. The Balaban J connectivity index is 1.62. The van der Waals surface area contributed by atoms with Crippen LogP contribution in [0.15, 0.2) is 71.5 Å². The quantitative estimate of drug-likeness (QED) is 0.474. The van der Waals surface area contributed by atoms with Crippen LogP contribution in [0.25, 0.3) is 16.6 Å². The van der Waals surface area contributed by atoms with Gasteiger partial charge in [0.15, 0.2) is 0 Å². The van der Waals surface area contributed by atoms with Crippen LogP contribution in [-0.2, 0) is 0 Å². The number of aryl methyl sites for hydroxylation is 2. The number of hydrogen-bond acceptors (Lipinski definition) is 3. The summed E-state index contributed by atoms with van der Waals surface area (Å²) in [5.41, 5.74) is 3.28. The van der Waals surface area contributed by atoms with E-state index in [4.69, 9.17) is 11.6 Å². The number of rotatable bonds is 3. The van der Waals surface area contributed by atoms with Crippen molar-refractivity contribution in [1.29, 1.82) is 0 Å². The average molecular weight is 419 g/mol. The van der Waals surface area contributed by atoms with Crippen molar-refractivity contribution in [3.8, 4) is 5.69 Å². The van der Waals surface area contributed by atoms with E-state index in [1.807, 2.05) is 31.2 Å². The molecule has 0 radical (unpaired) electrons. The Morgan fingerprint density at radius 2 is 1.77 bits per heavy atom. The van der Waals surface area contributed by atoms with Gasteiger partial charge in [-0.25, -0.2) is 9.78 Å². The van der Waals surface area contributed by atoms with Gasteiger partial charge < -0.3 is 10.6 Å². The number of hydrogen-bond donors (Lipinski definition) is 2. The summed E-state index contributed by atoms with van der Waals surface area (Å²) in [4.78, 5) is 29.9. The van der Waals surface area contributed by atoms with Crippen molar-refractivity contribution in [2.45, 2.75) is 13.8 Å². The summed E-state index contributed by atoms with van der Waals surface area (Å²) >= 11 is 5.95. The van der Waals surface area contributed by atoms with Crippen molar-refractivity contribution < 1.29 is 4.79 Å². The molecule has 0 saturated heterocycles. The van der Waals surface area contributed by atoms with Crippen molar-refractivity contribution >= 4 is 39.9 Å². The third-order valence-electron chi connectivity index (χ3n) is 4.74. The van der Waals surface area contributed by atoms with E-state index >= 15 is 0 Å². The van der Waals surface area contributed by atoms with Gasteiger partial charge in [-0.2, -0.15) is 0 Å². The van der Waals surface area contributed by atoms with E-state index in [1.54, 1.807) is 54.0 Å². The van der Waals surface area contributed by atoms with Gasteiger partial charge in [0.1, 0.15) is 5.82 Å². The van der Waals surface area contributed by atoms with Crippen LogP contribution in [0.1, 0.15) is 11.4 Å². The maximum absolute atomic E-state index is 13.0. The minimum absolute atomic E-state index is 0.128. The van der Waals surface area contributed by atoms with Gasteiger partial charge >= 0.3 is 6.03 Å². The molecule has 6 nitrogen and oxygen atoms in total. The molecule has 0 atom stereocenters. The standard InChI is InChI=1S/C23H19ClN4O2/c1-14-12-18(28-15(2)25-21-9-4-3-8-19(21)22(28)29)10-11-20(14)27-23(30)26-17-7-5-6-16(24)13-17/h3-13H,1-2H3,(H2,26,27,30). The van der Waals surface area contributed by atoms with Gasteiger partial charge in [0, 0.05) is 16.4 Å². The van der Waals surface area contributed by atoms with Gasteiger partial charge in [-0.05, 0) is 67.9 Å². The molecule has 0 bridgehead atoms. The molecule has 0 aliphatic heterocycles. The molecule has 4 rings (SSSR count). The van der Waals surface area contributed by atoms with Gasteiger partial charge in [-0.1, -0.05) is 29.8 Å². The van der Waals surface area contributed by atoms with Crippen LogP contribution in [-0.4, -0.2) is 15.6 Å². The lowest BCUT2D eigenvalue weighted by atomic mass is 10.1. The van der Waals surface area contributed by atoms with Crippen LogP contribution in [0.5, 0.6) is 0 Å². The third-order valence-corrected chi connectivity index (χ3v) is 4.98. The molecule has 0 unspecified atom stereocenters. The van der Waals surface area contributed by atoms with Crippen molar-refractivity contribution in [3.63, 3.8) is 0 Å². The Labute approximate surface area is 178 Å². The number of fused-ring (bicyclic) bond motifs is 1. The molecule has 2 amide bonds. The topological polar surface area (TPSA) is 76.0 Å². The van der Waals surface area contributed by atoms with Crippen LogP contribution < -0.4 is 16.2 Å². The molecule has 1 heterocycles. The van der Waals surface area contributed by atoms with E-state index in [1.165, 1.54) is 0 Å². The van der Waals surface area contributed by atoms with Crippen LogP contribution in [0.3, 0.4) is 0 Å².